The van der Waals surface area contributed by atoms with Crippen LogP contribution in [-0.2, 0) is 14.3 Å². The van der Waals surface area contributed by atoms with Gasteiger partial charge in [-0.1, -0.05) is 11.6 Å². The second kappa shape index (κ2) is 9.23. The minimum Gasteiger partial charge on any atom is -0.452 e. The number of ether oxygens (including phenoxy) is 1. The molecular weight excluding hydrogens is 401 g/mol. The van der Waals surface area contributed by atoms with Gasteiger partial charge in [0.1, 0.15) is 5.82 Å². The molecule has 148 valence electrons. The van der Waals surface area contributed by atoms with E-state index in [0.29, 0.717) is 12.1 Å². The van der Waals surface area contributed by atoms with Crippen LogP contribution in [0.15, 0.2) is 36.4 Å². The summed E-state index contributed by atoms with van der Waals surface area (Å²) in [6, 6.07) is 5.95. The molecule has 0 aromatic heterocycles. The summed E-state index contributed by atoms with van der Waals surface area (Å²) in [4.78, 5) is 36.5. The maximum atomic E-state index is 13.3. The molecule has 2 aromatic carbocycles. The van der Waals surface area contributed by atoms with Gasteiger partial charge in [0.15, 0.2) is 18.2 Å². The van der Waals surface area contributed by atoms with Gasteiger partial charge in [0.2, 0.25) is 5.91 Å². The molecule has 2 rings (SSSR count). The molecule has 0 atom stereocenters. The second-order valence-electron chi connectivity index (χ2n) is 5.56. The molecule has 0 aliphatic heterocycles. The summed E-state index contributed by atoms with van der Waals surface area (Å²) >= 11 is 5.68. The van der Waals surface area contributed by atoms with Gasteiger partial charge in [-0.3, -0.25) is 9.59 Å². The van der Waals surface area contributed by atoms with Gasteiger partial charge in [-0.05, 0) is 36.4 Å². The van der Waals surface area contributed by atoms with Crippen molar-refractivity contribution in [1.82, 2.24) is 0 Å². The summed E-state index contributed by atoms with van der Waals surface area (Å²) in [5, 5.41) is -0.388. The SMILES string of the molecule is NC(=O)CCN(C(=O)COC(=O)c1cc(F)c(F)cc1Cl)c1ccc(F)cc1. The third-order valence-electron chi connectivity index (χ3n) is 3.58. The average molecular weight is 415 g/mol. The van der Waals surface area contributed by atoms with E-state index in [1.165, 1.54) is 12.1 Å². The smallest absolute Gasteiger partial charge is 0.340 e. The number of esters is 1. The highest BCUT2D eigenvalue weighted by atomic mass is 35.5. The van der Waals surface area contributed by atoms with Gasteiger partial charge in [0.25, 0.3) is 5.91 Å². The number of carbonyl (C=O) groups is 3. The van der Waals surface area contributed by atoms with Crippen molar-refractivity contribution < 1.29 is 32.3 Å². The van der Waals surface area contributed by atoms with Crippen LogP contribution in [0.4, 0.5) is 18.9 Å². The highest BCUT2D eigenvalue weighted by molar-refractivity contribution is 6.33. The second-order valence-corrected chi connectivity index (χ2v) is 5.97. The van der Waals surface area contributed by atoms with Crippen LogP contribution >= 0.6 is 11.6 Å². The van der Waals surface area contributed by atoms with E-state index in [0.717, 1.165) is 17.0 Å². The van der Waals surface area contributed by atoms with Crippen LogP contribution in [-0.4, -0.2) is 30.9 Å². The van der Waals surface area contributed by atoms with Gasteiger partial charge in [-0.2, -0.15) is 0 Å². The zero-order valence-electron chi connectivity index (χ0n) is 14.3. The van der Waals surface area contributed by atoms with Crippen LogP contribution in [0.25, 0.3) is 0 Å². The zero-order valence-corrected chi connectivity index (χ0v) is 15.0. The molecule has 0 bridgehead atoms. The molecule has 2 amide bonds. The predicted octanol–water partition coefficient (Wildman–Crippen LogP) is 2.82. The van der Waals surface area contributed by atoms with Crippen LogP contribution in [0.3, 0.4) is 0 Å². The number of nitrogens with two attached hydrogens (primary N) is 1. The Balaban J connectivity index is 2.12. The fourth-order valence-electron chi connectivity index (χ4n) is 2.20. The fraction of sp³-hybridized carbons (Fsp3) is 0.167. The molecule has 0 aliphatic carbocycles. The van der Waals surface area contributed by atoms with Crippen molar-refractivity contribution in [2.24, 2.45) is 5.73 Å². The lowest BCUT2D eigenvalue weighted by Crippen LogP contribution is -2.37. The van der Waals surface area contributed by atoms with E-state index < -0.39 is 47.4 Å². The lowest BCUT2D eigenvalue weighted by Gasteiger charge is -2.22. The summed E-state index contributed by atoms with van der Waals surface area (Å²) in [6.45, 7) is -0.923. The third-order valence-corrected chi connectivity index (χ3v) is 3.89. The Kier molecular flexibility index (Phi) is 7.00. The van der Waals surface area contributed by atoms with Crippen LogP contribution in [0.2, 0.25) is 5.02 Å². The van der Waals surface area contributed by atoms with Crippen molar-refractivity contribution in [3.05, 3.63) is 64.4 Å². The molecule has 0 heterocycles. The first kappa shape index (κ1) is 21.2. The molecule has 0 aliphatic rings. The molecule has 0 spiro atoms. The molecule has 0 saturated carbocycles. The molecule has 0 radical (unpaired) electrons. The maximum absolute atomic E-state index is 13.3. The fourth-order valence-corrected chi connectivity index (χ4v) is 2.43. The first-order valence-corrected chi connectivity index (χ1v) is 8.22. The maximum Gasteiger partial charge on any atom is 0.340 e. The van der Waals surface area contributed by atoms with E-state index in [1.54, 1.807) is 0 Å². The predicted molar refractivity (Wildman–Crippen MR) is 94.2 cm³/mol. The Labute approximate surface area is 162 Å². The number of hydrogen-bond acceptors (Lipinski definition) is 4. The Morgan fingerprint density at radius 1 is 1.04 bits per heavy atom. The van der Waals surface area contributed by atoms with E-state index in [9.17, 15) is 27.6 Å². The number of hydrogen-bond donors (Lipinski definition) is 1. The number of anilines is 1. The summed E-state index contributed by atoms with van der Waals surface area (Å²) < 4.78 is 44.3. The van der Waals surface area contributed by atoms with E-state index >= 15 is 0 Å². The molecule has 10 heteroatoms. The minimum absolute atomic E-state index is 0.136. The molecular formula is C18H14ClF3N2O4. The summed E-state index contributed by atoms with van der Waals surface area (Å²) in [7, 11) is 0. The number of amides is 2. The van der Waals surface area contributed by atoms with Crippen molar-refractivity contribution in [2.45, 2.75) is 6.42 Å². The molecule has 2 aromatic rings. The first-order chi connectivity index (χ1) is 13.2. The van der Waals surface area contributed by atoms with E-state index in [2.05, 4.69) is 0 Å². The normalized spacial score (nSPS) is 10.4. The largest absolute Gasteiger partial charge is 0.452 e. The molecule has 0 fully saturated rings. The summed E-state index contributed by atoms with van der Waals surface area (Å²) in [5.74, 6) is -5.66. The number of nitrogens with zero attached hydrogens (tertiary/aromatic N) is 1. The number of halogens is 4. The Morgan fingerprint density at radius 2 is 1.64 bits per heavy atom. The molecule has 0 unspecified atom stereocenters. The summed E-state index contributed by atoms with van der Waals surface area (Å²) in [5.41, 5.74) is 4.87. The number of carbonyl (C=O) groups excluding carboxylic acids is 3. The highest BCUT2D eigenvalue weighted by Crippen LogP contribution is 2.21. The van der Waals surface area contributed by atoms with Crippen LogP contribution in [0.5, 0.6) is 0 Å². The number of rotatable bonds is 7. The number of primary amides is 1. The van der Waals surface area contributed by atoms with Crippen molar-refractivity contribution in [1.29, 1.82) is 0 Å². The highest BCUT2D eigenvalue weighted by Gasteiger charge is 2.21. The Bertz CT molecular complexity index is 906. The quantitative estimate of drug-likeness (QED) is 0.557. The first-order valence-electron chi connectivity index (χ1n) is 7.85. The van der Waals surface area contributed by atoms with E-state index in [4.69, 9.17) is 22.1 Å². The van der Waals surface area contributed by atoms with E-state index in [-0.39, 0.29) is 23.7 Å². The van der Waals surface area contributed by atoms with Gasteiger partial charge in [-0.15, -0.1) is 0 Å². The molecule has 2 N–H and O–H groups in total. The third kappa shape index (κ3) is 5.46. The lowest BCUT2D eigenvalue weighted by atomic mass is 10.2. The topological polar surface area (TPSA) is 89.7 Å². The van der Waals surface area contributed by atoms with Gasteiger partial charge in [0.05, 0.1) is 10.6 Å². The number of benzene rings is 2. The van der Waals surface area contributed by atoms with Gasteiger partial charge in [0, 0.05) is 18.7 Å². The van der Waals surface area contributed by atoms with Crippen molar-refractivity contribution in [3.8, 4) is 0 Å². The van der Waals surface area contributed by atoms with Gasteiger partial charge in [-0.25, -0.2) is 18.0 Å². The molecule has 0 saturated heterocycles. The van der Waals surface area contributed by atoms with Crippen molar-refractivity contribution >= 4 is 35.1 Å². The Morgan fingerprint density at radius 3 is 2.25 bits per heavy atom. The van der Waals surface area contributed by atoms with Crippen LogP contribution < -0.4 is 10.6 Å². The van der Waals surface area contributed by atoms with Crippen molar-refractivity contribution in [2.75, 3.05) is 18.1 Å². The Hall–Kier alpha value is -3.07. The monoisotopic (exact) mass is 414 g/mol. The standard InChI is InChI=1S/C18H14ClF3N2O4/c19-13-8-15(22)14(21)7-12(13)18(27)28-9-17(26)24(6-5-16(23)25)11-3-1-10(20)2-4-11/h1-4,7-8H,5-6,9H2,(H2,23,25). The zero-order chi connectivity index (χ0) is 20.8. The van der Waals surface area contributed by atoms with Crippen LogP contribution in [0, 0.1) is 17.5 Å². The molecule has 6 nitrogen and oxygen atoms in total. The lowest BCUT2D eigenvalue weighted by molar-refractivity contribution is -0.121. The van der Waals surface area contributed by atoms with Crippen molar-refractivity contribution in [3.63, 3.8) is 0 Å². The van der Waals surface area contributed by atoms with Gasteiger partial charge < -0.3 is 15.4 Å². The van der Waals surface area contributed by atoms with Crippen LogP contribution in [0.1, 0.15) is 16.8 Å². The van der Waals surface area contributed by atoms with Gasteiger partial charge >= 0.3 is 5.97 Å². The average Bonchev–Trinajstić information content (AvgIpc) is 2.64. The van der Waals surface area contributed by atoms with E-state index in [1.807, 2.05) is 0 Å². The minimum atomic E-state index is -1.31. The molecule has 28 heavy (non-hydrogen) atoms. The summed E-state index contributed by atoms with van der Waals surface area (Å²) in [6.07, 6.45) is -0.188.